The Morgan fingerprint density at radius 3 is 2.11 bits per heavy atom. The third kappa shape index (κ3) is 4.10. The predicted octanol–water partition coefficient (Wildman–Crippen LogP) is 5.66. The van der Waals surface area contributed by atoms with Crippen molar-refractivity contribution in [3.05, 3.63) is 71.8 Å². The molecule has 0 fully saturated rings. The summed E-state index contributed by atoms with van der Waals surface area (Å²) in [6.45, 7) is 4.58. The van der Waals surface area contributed by atoms with Gasteiger partial charge < -0.3 is 0 Å². The molecule has 1 unspecified atom stereocenters. The van der Waals surface area contributed by atoms with Crippen LogP contribution in [0.5, 0.6) is 0 Å². The molecule has 0 radical (unpaired) electrons. The van der Waals surface area contributed by atoms with E-state index < -0.39 is 0 Å². The lowest BCUT2D eigenvalue weighted by Crippen LogP contribution is -1.95. The molecular formula is C19H22. The third-order valence-electron chi connectivity index (χ3n) is 3.55. The molecule has 19 heavy (non-hydrogen) atoms. The summed E-state index contributed by atoms with van der Waals surface area (Å²) >= 11 is 0. The molecular weight excluding hydrogens is 228 g/mol. The highest BCUT2D eigenvalue weighted by molar-refractivity contribution is 5.81. The van der Waals surface area contributed by atoms with Gasteiger partial charge in [-0.1, -0.05) is 87.0 Å². The van der Waals surface area contributed by atoms with E-state index in [-0.39, 0.29) is 0 Å². The Labute approximate surface area is 116 Å². The molecule has 0 saturated carbocycles. The molecule has 0 aliphatic rings. The maximum absolute atomic E-state index is 2.32. The van der Waals surface area contributed by atoms with Gasteiger partial charge in [-0.25, -0.2) is 0 Å². The SMILES string of the molecule is CCC(C)C/C(=C\c1ccccc1)c1ccccc1. The topological polar surface area (TPSA) is 0 Å². The van der Waals surface area contributed by atoms with E-state index in [1.165, 1.54) is 23.1 Å². The second-order valence-corrected chi connectivity index (χ2v) is 5.16. The summed E-state index contributed by atoms with van der Waals surface area (Å²) in [4.78, 5) is 0. The largest absolute Gasteiger partial charge is 0.0651 e. The van der Waals surface area contributed by atoms with Gasteiger partial charge in [0, 0.05) is 0 Å². The molecule has 2 rings (SSSR count). The van der Waals surface area contributed by atoms with Crippen molar-refractivity contribution in [2.75, 3.05) is 0 Å². The van der Waals surface area contributed by atoms with Gasteiger partial charge in [0.15, 0.2) is 0 Å². The van der Waals surface area contributed by atoms with E-state index in [2.05, 4.69) is 80.6 Å². The Kier molecular flexibility index (Phi) is 4.97. The van der Waals surface area contributed by atoms with E-state index in [1.54, 1.807) is 0 Å². The van der Waals surface area contributed by atoms with Gasteiger partial charge in [0.25, 0.3) is 0 Å². The third-order valence-corrected chi connectivity index (χ3v) is 3.55. The van der Waals surface area contributed by atoms with Crippen LogP contribution in [0, 0.1) is 5.92 Å². The molecule has 0 aliphatic carbocycles. The van der Waals surface area contributed by atoms with Crippen LogP contribution in [0.3, 0.4) is 0 Å². The van der Waals surface area contributed by atoms with Crippen molar-refractivity contribution in [3.63, 3.8) is 0 Å². The average molecular weight is 250 g/mol. The van der Waals surface area contributed by atoms with Crippen molar-refractivity contribution in [1.82, 2.24) is 0 Å². The van der Waals surface area contributed by atoms with Crippen molar-refractivity contribution < 1.29 is 0 Å². The molecule has 0 heteroatoms. The second kappa shape index (κ2) is 6.94. The fraction of sp³-hybridized carbons (Fsp3) is 0.263. The van der Waals surface area contributed by atoms with Crippen molar-refractivity contribution >= 4 is 11.6 Å². The van der Waals surface area contributed by atoms with Crippen molar-refractivity contribution in [2.45, 2.75) is 26.7 Å². The van der Waals surface area contributed by atoms with Gasteiger partial charge in [0.2, 0.25) is 0 Å². The monoisotopic (exact) mass is 250 g/mol. The van der Waals surface area contributed by atoms with Crippen LogP contribution in [-0.2, 0) is 0 Å². The first-order valence-corrected chi connectivity index (χ1v) is 7.10. The number of rotatable bonds is 5. The van der Waals surface area contributed by atoms with Crippen LogP contribution in [-0.4, -0.2) is 0 Å². The highest BCUT2D eigenvalue weighted by atomic mass is 14.1. The number of hydrogen-bond acceptors (Lipinski definition) is 0. The first-order valence-electron chi connectivity index (χ1n) is 7.10. The quantitative estimate of drug-likeness (QED) is 0.600. The van der Waals surface area contributed by atoms with Crippen molar-refractivity contribution in [3.8, 4) is 0 Å². The van der Waals surface area contributed by atoms with E-state index in [4.69, 9.17) is 0 Å². The lowest BCUT2D eigenvalue weighted by atomic mass is 9.92. The summed E-state index contributed by atoms with van der Waals surface area (Å²) in [6.07, 6.45) is 4.68. The highest BCUT2D eigenvalue weighted by Gasteiger charge is 2.06. The van der Waals surface area contributed by atoms with Gasteiger partial charge in [-0.2, -0.15) is 0 Å². The summed E-state index contributed by atoms with van der Waals surface area (Å²) in [7, 11) is 0. The molecule has 98 valence electrons. The first-order chi connectivity index (χ1) is 9.29. The standard InChI is InChI=1S/C19H22/c1-3-16(2)14-19(18-12-8-5-9-13-18)15-17-10-6-4-7-11-17/h4-13,15-16H,3,14H2,1-2H3/b19-15+. The Morgan fingerprint density at radius 2 is 1.53 bits per heavy atom. The van der Waals surface area contributed by atoms with Crippen LogP contribution < -0.4 is 0 Å². The molecule has 2 aromatic rings. The summed E-state index contributed by atoms with van der Waals surface area (Å²) in [5.41, 5.74) is 4.05. The molecule has 1 atom stereocenters. The molecule has 0 aliphatic heterocycles. The molecule has 0 spiro atoms. The minimum Gasteiger partial charge on any atom is -0.0651 e. The number of benzene rings is 2. The minimum absolute atomic E-state index is 0.718. The van der Waals surface area contributed by atoms with E-state index in [0.717, 1.165) is 12.3 Å². The molecule has 0 N–H and O–H groups in total. The van der Waals surface area contributed by atoms with Crippen LogP contribution in [0.25, 0.3) is 11.6 Å². The highest BCUT2D eigenvalue weighted by Crippen LogP contribution is 2.26. The number of allylic oxidation sites excluding steroid dienone is 1. The maximum Gasteiger partial charge on any atom is -0.0224 e. The van der Waals surface area contributed by atoms with E-state index in [1.807, 2.05) is 0 Å². The van der Waals surface area contributed by atoms with Gasteiger partial charge in [-0.3, -0.25) is 0 Å². The smallest absolute Gasteiger partial charge is 0.0224 e. The van der Waals surface area contributed by atoms with Gasteiger partial charge >= 0.3 is 0 Å². The van der Waals surface area contributed by atoms with Crippen LogP contribution in [0.4, 0.5) is 0 Å². The molecule has 0 saturated heterocycles. The molecule has 0 nitrogen and oxygen atoms in total. The Balaban J connectivity index is 2.32. The van der Waals surface area contributed by atoms with E-state index in [0.29, 0.717) is 0 Å². The van der Waals surface area contributed by atoms with Gasteiger partial charge in [0.05, 0.1) is 0 Å². The average Bonchev–Trinajstić information content (AvgIpc) is 2.48. The zero-order valence-electron chi connectivity index (χ0n) is 11.8. The molecule has 2 aromatic carbocycles. The van der Waals surface area contributed by atoms with Crippen LogP contribution >= 0.6 is 0 Å². The van der Waals surface area contributed by atoms with Crippen molar-refractivity contribution in [2.24, 2.45) is 5.92 Å². The normalized spacial score (nSPS) is 13.3. The predicted molar refractivity (Wildman–Crippen MR) is 84.8 cm³/mol. The zero-order valence-corrected chi connectivity index (χ0v) is 11.8. The van der Waals surface area contributed by atoms with Gasteiger partial charge in [-0.05, 0) is 29.0 Å². The zero-order chi connectivity index (χ0) is 13.5. The van der Waals surface area contributed by atoms with E-state index >= 15 is 0 Å². The Morgan fingerprint density at radius 1 is 0.947 bits per heavy atom. The summed E-state index contributed by atoms with van der Waals surface area (Å²) in [5, 5.41) is 0. The molecule has 0 bridgehead atoms. The Hall–Kier alpha value is -1.82. The molecule has 0 heterocycles. The summed E-state index contributed by atoms with van der Waals surface area (Å²) in [6, 6.07) is 21.3. The van der Waals surface area contributed by atoms with Crippen LogP contribution in [0.2, 0.25) is 0 Å². The lowest BCUT2D eigenvalue weighted by molar-refractivity contribution is 0.580. The maximum atomic E-state index is 2.32. The fourth-order valence-electron chi connectivity index (χ4n) is 2.18. The Bertz CT molecular complexity index is 508. The minimum atomic E-state index is 0.718. The summed E-state index contributed by atoms with van der Waals surface area (Å²) in [5.74, 6) is 0.718. The first kappa shape index (κ1) is 13.6. The second-order valence-electron chi connectivity index (χ2n) is 5.16. The summed E-state index contributed by atoms with van der Waals surface area (Å²) < 4.78 is 0. The van der Waals surface area contributed by atoms with E-state index in [9.17, 15) is 0 Å². The number of hydrogen-bond donors (Lipinski definition) is 0. The van der Waals surface area contributed by atoms with Crippen LogP contribution in [0.15, 0.2) is 60.7 Å². The molecule has 0 amide bonds. The van der Waals surface area contributed by atoms with Crippen molar-refractivity contribution in [1.29, 1.82) is 0 Å². The van der Waals surface area contributed by atoms with Gasteiger partial charge in [-0.15, -0.1) is 0 Å². The molecule has 0 aromatic heterocycles. The lowest BCUT2D eigenvalue weighted by Gasteiger charge is -2.13. The van der Waals surface area contributed by atoms with Gasteiger partial charge in [0.1, 0.15) is 0 Å². The fourth-order valence-corrected chi connectivity index (χ4v) is 2.18. The van der Waals surface area contributed by atoms with Crippen LogP contribution in [0.1, 0.15) is 37.8 Å².